The molecular weight excluding hydrogens is 394 g/mol. The normalized spacial score (nSPS) is 17.4. The molecule has 10 heteroatoms. The highest BCUT2D eigenvalue weighted by atomic mass is 32.1. The van der Waals surface area contributed by atoms with Crippen LogP contribution in [-0.2, 0) is 14.3 Å². The molecule has 162 valence electrons. The number of hydrogen-bond donors (Lipinski definition) is 2. The Morgan fingerprint density at radius 3 is 2.69 bits per heavy atom. The Balaban J connectivity index is 1.70. The summed E-state index contributed by atoms with van der Waals surface area (Å²) in [6.45, 7) is 7.62. The van der Waals surface area contributed by atoms with Crippen molar-refractivity contribution >= 4 is 34.4 Å². The topological polar surface area (TPSA) is 104 Å². The summed E-state index contributed by atoms with van der Waals surface area (Å²) in [4.78, 5) is 44.2. The van der Waals surface area contributed by atoms with E-state index in [9.17, 15) is 14.4 Å². The van der Waals surface area contributed by atoms with Crippen LogP contribution in [0.15, 0.2) is 11.6 Å². The average Bonchev–Trinajstić information content (AvgIpc) is 3.18. The van der Waals surface area contributed by atoms with E-state index in [1.807, 2.05) is 10.3 Å². The highest BCUT2D eigenvalue weighted by Crippen LogP contribution is 2.19. The molecule has 0 aliphatic carbocycles. The van der Waals surface area contributed by atoms with E-state index in [4.69, 9.17) is 4.74 Å². The molecule has 1 saturated heterocycles. The first-order chi connectivity index (χ1) is 13.7. The van der Waals surface area contributed by atoms with Crippen LogP contribution in [0.5, 0.6) is 0 Å². The van der Waals surface area contributed by atoms with Crippen LogP contribution in [0.2, 0.25) is 0 Å². The summed E-state index contributed by atoms with van der Waals surface area (Å²) in [5, 5.41) is 7.96. The van der Waals surface area contributed by atoms with Gasteiger partial charge in [-0.1, -0.05) is 0 Å². The third kappa shape index (κ3) is 7.98. The summed E-state index contributed by atoms with van der Waals surface area (Å²) in [5.74, 6) is -0.257. The number of ether oxygens (including phenoxy) is 1. The quantitative estimate of drug-likeness (QED) is 0.641. The Morgan fingerprint density at radius 2 is 2.03 bits per heavy atom. The Hall–Kier alpha value is -2.20. The van der Waals surface area contributed by atoms with E-state index in [-0.39, 0.29) is 24.3 Å². The fourth-order valence-corrected chi connectivity index (χ4v) is 3.63. The zero-order chi connectivity index (χ0) is 21.4. The van der Waals surface area contributed by atoms with Gasteiger partial charge in [-0.05, 0) is 40.2 Å². The molecule has 0 aromatic carbocycles. The third-order valence-electron chi connectivity index (χ3n) is 4.41. The smallest absolute Gasteiger partial charge is 0.407 e. The summed E-state index contributed by atoms with van der Waals surface area (Å²) >= 11 is 1.42. The van der Waals surface area contributed by atoms with Gasteiger partial charge < -0.3 is 15.4 Å². The first-order valence-electron chi connectivity index (χ1n) is 9.78. The fourth-order valence-electron chi connectivity index (χ4n) is 3.01. The number of amides is 3. The number of likely N-dealkylation sites (N-methyl/N-ethyl adjacent to an activating group) is 1. The van der Waals surface area contributed by atoms with Gasteiger partial charge >= 0.3 is 6.09 Å². The minimum absolute atomic E-state index is 0.0393. The molecule has 1 fully saturated rings. The number of carbonyl (C=O) groups excluding carboxylic acids is 3. The molecule has 3 amide bonds. The van der Waals surface area contributed by atoms with Crippen molar-refractivity contribution in [1.82, 2.24) is 20.5 Å². The van der Waals surface area contributed by atoms with Crippen molar-refractivity contribution in [2.75, 3.05) is 44.7 Å². The van der Waals surface area contributed by atoms with E-state index in [2.05, 4.69) is 15.6 Å². The minimum atomic E-state index is -0.552. The number of hydrogen-bond acceptors (Lipinski definition) is 7. The van der Waals surface area contributed by atoms with Crippen molar-refractivity contribution in [2.45, 2.75) is 39.2 Å². The highest BCUT2D eigenvalue weighted by Gasteiger charge is 2.27. The van der Waals surface area contributed by atoms with Gasteiger partial charge in [0.05, 0.1) is 12.5 Å². The van der Waals surface area contributed by atoms with Crippen molar-refractivity contribution in [3.8, 4) is 0 Å². The molecule has 0 bridgehead atoms. The average molecular weight is 426 g/mol. The first kappa shape index (κ1) is 23.1. The fraction of sp³-hybridized carbons (Fsp3) is 0.684. The lowest BCUT2D eigenvalue weighted by molar-refractivity contribution is -0.128. The van der Waals surface area contributed by atoms with Gasteiger partial charge in [0.15, 0.2) is 5.13 Å². The number of nitrogens with one attached hydrogen (secondary N) is 2. The van der Waals surface area contributed by atoms with E-state index in [1.165, 1.54) is 11.3 Å². The van der Waals surface area contributed by atoms with Crippen LogP contribution < -0.4 is 15.5 Å². The third-order valence-corrected chi connectivity index (χ3v) is 5.26. The van der Waals surface area contributed by atoms with Crippen molar-refractivity contribution in [2.24, 2.45) is 5.92 Å². The second-order valence-electron chi connectivity index (χ2n) is 8.06. The standard InChI is InChI=1S/C19H31N5O4S/c1-19(2,3)28-18(27)22-8-7-20-16(26)14-6-5-10-24(12-14)13-15(25)23(4)17-21-9-11-29-17/h9,11,14H,5-8,10,12-13H2,1-4H3,(H,20,26)(H,22,27). The maximum Gasteiger partial charge on any atom is 0.407 e. The maximum absolute atomic E-state index is 12.5. The zero-order valence-electron chi connectivity index (χ0n) is 17.6. The molecule has 0 saturated carbocycles. The molecule has 9 nitrogen and oxygen atoms in total. The number of anilines is 1. The van der Waals surface area contributed by atoms with Gasteiger partial charge in [0.25, 0.3) is 0 Å². The molecule has 2 rings (SSSR count). The Morgan fingerprint density at radius 1 is 1.31 bits per heavy atom. The lowest BCUT2D eigenvalue weighted by Gasteiger charge is -2.32. The van der Waals surface area contributed by atoms with Gasteiger partial charge in [-0.3, -0.25) is 19.4 Å². The summed E-state index contributed by atoms with van der Waals surface area (Å²) in [6.07, 6.45) is 2.82. The second kappa shape index (κ2) is 10.5. The molecular formula is C19H31N5O4S. The first-order valence-corrected chi connectivity index (χ1v) is 10.7. The van der Waals surface area contributed by atoms with Crippen molar-refractivity contribution in [3.05, 3.63) is 11.6 Å². The number of likely N-dealkylation sites (tertiary alicyclic amines) is 1. The summed E-state index contributed by atoms with van der Waals surface area (Å²) in [6, 6.07) is 0. The summed E-state index contributed by atoms with van der Waals surface area (Å²) in [5.41, 5.74) is -0.552. The number of aromatic nitrogens is 1. The van der Waals surface area contributed by atoms with E-state index in [0.717, 1.165) is 19.4 Å². The lowest BCUT2D eigenvalue weighted by atomic mass is 9.97. The number of alkyl carbamates (subject to hydrolysis) is 1. The van der Waals surface area contributed by atoms with Crippen LogP contribution in [0.4, 0.5) is 9.93 Å². The summed E-state index contributed by atoms with van der Waals surface area (Å²) in [7, 11) is 1.72. The van der Waals surface area contributed by atoms with Crippen LogP contribution in [0.25, 0.3) is 0 Å². The van der Waals surface area contributed by atoms with E-state index in [1.54, 1.807) is 38.9 Å². The largest absolute Gasteiger partial charge is 0.444 e. The van der Waals surface area contributed by atoms with Gasteiger partial charge in [0.2, 0.25) is 11.8 Å². The number of thiazole rings is 1. The molecule has 1 aromatic heterocycles. The van der Waals surface area contributed by atoms with Crippen molar-refractivity contribution in [3.63, 3.8) is 0 Å². The van der Waals surface area contributed by atoms with Crippen LogP contribution in [0.3, 0.4) is 0 Å². The van der Waals surface area contributed by atoms with Gasteiger partial charge in [-0.15, -0.1) is 11.3 Å². The lowest BCUT2D eigenvalue weighted by Crippen LogP contribution is -2.47. The van der Waals surface area contributed by atoms with Crippen molar-refractivity contribution in [1.29, 1.82) is 0 Å². The molecule has 1 unspecified atom stereocenters. The van der Waals surface area contributed by atoms with Crippen LogP contribution >= 0.6 is 11.3 Å². The maximum atomic E-state index is 12.5. The predicted octanol–water partition coefficient (Wildman–Crippen LogP) is 1.46. The molecule has 0 spiro atoms. The molecule has 1 aliphatic rings. The molecule has 29 heavy (non-hydrogen) atoms. The minimum Gasteiger partial charge on any atom is -0.444 e. The second-order valence-corrected chi connectivity index (χ2v) is 8.93. The number of piperidine rings is 1. The SMILES string of the molecule is CN(C(=O)CN1CCCC(C(=O)NCCNC(=O)OC(C)(C)C)C1)c1nccs1. The monoisotopic (exact) mass is 425 g/mol. The molecule has 2 N–H and O–H groups in total. The molecule has 1 aromatic rings. The number of rotatable bonds is 7. The van der Waals surface area contributed by atoms with Crippen LogP contribution in [0.1, 0.15) is 33.6 Å². The van der Waals surface area contributed by atoms with E-state index in [0.29, 0.717) is 24.8 Å². The molecule has 1 aliphatic heterocycles. The van der Waals surface area contributed by atoms with Gasteiger partial charge in [0, 0.05) is 38.3 Å². The Labute approximate surface area is 175 Å². The predicted molar refractivity (Wildman–Crippen MR) is 112 cm³/mol. The van der Waals surface area contributed by atoms with E-state index < -0.39 is 11.7 Å². The molecule has 1 atom stereocenters. The Bertz CT molecular complexity index is 689. The van der Waals surface area contributed by atoms with Gasteiger partial charge in [-0.2, -0.15) is 0 Å². The zero-order valence-corrected chi connectivity index (χ0v) is 18.4. The highest BCUT2D eigenvalue weighted by molar-refractivity contribution is 7.13. The molecule has 2 heterocycles. The molecule has 0 radical (unpaired) electrons. The number of carbonyl (C=O) groups is 3. The van der Waals surface area contributed by atoms with Crippen LogP contribution in [-0.4, -0.2) is 73.2 Å². The van der Waals surface area contributed by atoms with Gasteiger partial charge in [0.1, 0.15) is 5.60 Å². The van der Waals surface area contributed by atoms with Crippen molar-refractivity contribution < 1.29 is 19.1 Å². The van der Waals surface area contributed by atoms with Gasteiger partial charge in [-0.25, -0.2) is 9.78 Å². The number of nitrogens with zero attached hydrogens (tertiary/aromatic N) is 3. The Kier molecular flexibility index (Phi) is 8.39. The van der Waals surface area contributed by atoms with E-state index >= 15 is 0 Å². The van der Waals surface area contributed by atoms with Crippen LogP contribution in [0, 0.1) is 5.92 Å². The summed E-state index contributed by atoms with van der Waals surface area (Å²) < 4.78 is 5.15.